The van der Waals surface area contributed by atoms with E-state index in [0.29, 0.717) is 10.2 Å². The van der Waals surface area contributed by atoms with Gasteiger partial charge in [-0.15, -0.1) is 0 Å². The van der Waals surface area contributed by atoms with E-state index in [1.54, 1.807) is 18.2 Å². The van der Waals surface area contributed by atoms with E-state index in [4.69, 9.17) is 0 Å². The summed E-state index contributed by atoms with van der Waals surface area (Å²) in [6.07, 6.45) is 1.12. The lowest BCUT2D eigenvalue weighted by atomic mass is 10.1. The van der Waals surface area contributed by atoms with Crippen molar-refractivity contribution in [3.63, 3.8) is 0 Å². The van der Waals surface area contributed by atoms with Crippen LogP contribution >= 0.6 is 15.9 Å². The lowest BCUT2D eigenvalue weighted by molar-refractivity contribution is 0.0979. The SMILES string of the molecule is CC(C)N(C(=O)c1cc(F)cc(Br)c1)c1ccc(S(C)(=O)=O)cc1. The molecule has 24 heavy (non-hydrogen) atoms. The number of hydrogen-bond acceptors (Lipinski definition) is 3. The molecule has 0 saturated heterocycles. The Morgan fingerprint density at radius 3 is 2.17 bits per heavy atom. The minimum Gasteiger partial charge on any atom is -0.306 e. The van der Waals surface area contributed by atoms with Gasteiger partial charge < -0.3 is 4.90 Å². The molecule has 0 unspecified atom stereocenters. The summed E-state index contributed by atoms with van der Waals surface area (Å²) in [5.74, 6) is -0.874. The molecule has 0 aromatic heterocycles. The van der Waals surface area contributed by atoms with Gasteiger partial charge in [-0.25, -0.2) is 12.8 Å². The summed E-state index contributed by atoms with van der Waals surface area (Å²) in [5.41, 5.74) is 0.755. The lowest BCUT2D eigenvalue weighted by Gasteiger charge is -2.27. The van der Waals surface area contributed by atoms with Crippen LogP contribution in [0.25, 0.3) is 0 Å². The molecule has 7 heteroatoms. The summed E-state index contributed by atoms with van der Waals surface area (Å²) in [6, 6.07) is 9.86. The van der Waals surface area contributed by atoms with Crippen molar-refractivity contribution in [3.8, 4) is 0 Å². The van der Waals surface area contributed by atoms with Crippen molar-refractivity contribution in [2.75, 3.05) is 11.2 Å². The summed E-state index contributed by atoms with van der Waals surface area (Å²) >= 11 is 3.18. The van der Waals surface area contributed by atoms with Gasteiger partial charge in [0.05, 0.1) is 4.90 Å². The van der Waals surface area contributed by atoms with Crippen molar-refractivity contribution in [3.05, 3.63) is 58.3 Å². The van der Waals surface area contributed by atoms with Gasteiger partial charge >= 0.3 is 0 Å². The molecule has 0 atom stereocenters. The van der Waals surface area contributed by atoms with Crippen LogP contribution in [0.2, 0.25) is 0 Å². The van der Waals surface area contributed by atoms with Crippen LogP contribution in [-0.4, -0.2) is 26.6 Å². The summed E-state index contributed by atoms with van der Waals surface area (Å²) in [7, 11) is -3.31. The van der Waals surface area contributed by atoms with Crippen molar-refractivity contribution in [1.82, 2.24) is 0 Å². The van der Waals surface area contributed by atoms with Gasteiger partial charge in [-0.3, -0.25) is 4.79 Å². The average Bonchev–Trinajstić information content (AvgIpc) is 2.45. The van der Waals surface area contributed by atoms with Gasteiger partial charge in [0.15, 0.2) is 9.84 Å². The molecule has 0 bridgehead atoms. The van der Waals surface area contributed by atoms with Gasteiger partial charge in [0, 0.05) is 28.0 Å². The number of carbonyl (C=O) groups is 1. The maximum absolute atomic E-state index is 13.6. The second-order valence-electron chi connectivity index (χ2n) is 5.69. The number of amides is 1. The van der Waals surface area contributed by atoms with E-state index in [1.807, 2.05) is 13.8 Å². The monoisotopic (exact) mass is 413 g/mol. The molecule has 0 N–H and O–H groups in total. The van der Waals surface area contributed by atoms with Gasteiger partial charge in [-0.2, -0.15) is 0 Å². The van der Waals surface area contributed by atoms with E-state index < -0.39 is 15.7 Å². The maximum Gasteiger partial charge on any atom is 0.258 e. The first-order valence-electron chi connectivity index (χ1n) is 7.19. The highest BCUT2D eigenvalue weighted by molar-refractivity contribution is 9.10. The fourth-order valence-corrected chi connectivity index (χ4v) is 3.42. The Morgan fingerprint density at radius 1 is 1.12 bits per heavy atom. The second-order valence-corrected chi connectivity index (χ2v) is 8.62. The van der Waals surface area contributed by atoms with E-state index >= 15 is 0 Å². The number of carbonyl (C=O) groups excluding carboxylic acids is 1. The molecule has 2 aromatic rings. The van der Waals surface area contributed by atoms with Crippen LogP contribution < -0.4 is 4.90 Å². The number of hydrogen-bond donors (Lipinski definition) is 0. The molecule has 0 aliphatic heterocycles. The summed E-state index contributed by atoms with van der Waals surface area (Å²) < 4.78 is 37.1. The van der Waals surface area contributed by atoms with Crippen LogP contribution in [0, 0.1) is 5.82 Å². The highest BCUT2D eigenvalue weighted by Crippen LogP contribution is 2.24. The summed E-state index contributed by atoms with van der Waals surface area (Å²) in [6.45, 7) is 3.66. The van der Waals surface area contributed by atoms with Gasteiger partial charge in [0.25, 0.3) is 5.91 Å². The first kappa shape index (κ1) is 18.6. The molecule has 1 amide bonds. The van der Waals surface area contributed by atoms with Gasteiger partial charge in [0.1, 0.15) is 5.82 Å². The minimum absolute atomic E-state index is 0.177. The van der Waals surface area contributed by atoms with Crippen molar-refractivity contribution in [1.29, 1.82) is 0 Å². The van der Waals surface area contributed by atoms with Crippen molar-refractivity contribution in [2.24, 2.45) is 0 Å². The Kier molecular flexibility index (Phi) is 5.45. The van der Waals surface area contributed by atoms with Crippen molar-refractivity contribution >= 4 is 37.4 Å². The van der Waals surface area contributed by atoms with E-state index in [9.17, 15) is 17.6 Å². The molecule has 2 rings (SSSR count). The predicted molar refractivity (Wildman–Crippen MR) is 95.6 cm³/mol. The third kappa shape index (κ3) is 4.21. The van der Waals surface area contributed by atoms with E-state index in [2.05, 4.69) is 15.9 Å². The molecule has 0 aliphatic carbocycles. The van der Waals surface area contributed by atoms with Crippen LogP contribution in [-0.2, 0) is 9.84 Å². The largest absolute Gasteiger partial charge is 0.306 e. The Hall–Kier alpha value is -1.73. The van der Waals surface area contributed by atoms with E-state index in [0.717, 1.165) is 6.26 Å². The zero-order valence-electron chi connectivity index (χ0n) is 13.5. The van der Waals surface area contributed by atoms with Gasteiger partial charge in [-0.1, -0.05) is 15.9 Å². The molecule has 0 saturated carbocycles. The highest BCUT2D eigenvalue weighted by atomic mass is 79.9. The quantitative estimate of drug-likeness (QED) is 0.759. The lowest BCUT2D eigenvalue weighted by Crippen LogP contribution is -2.37. The van der Waals surface area contributed by atoms with Crippen LogP contribution in [0.1, 0.15) is 24.2 Å². The average molecular weight is 414 g/mol. The third-order valence-corrected chi connectivity index (χ3v) is 4.97. The molecular formula is C17H17BrFNO3S. The number of nitrogens with zero attached hydrogens (tertiary/aromatic N) is 1. The molecule has 2 aromatic carbocycles. The normalized spacial score (nSPS) is 11.6. The summed E-state index contributed by atoms with van der Waals surface area (Å²) in [4.78, 5) is 14.5. The standard InChI is InChI=1S/C17H17BrFNO3S/c1-11(2)20(15-4-6-16(7-5-15)24(3,22)23)17(21)12-8-13(18)10-14(19)9-12/h4-11H,1-3H3. The van der Waals surface area contributed by atoms with Crippen LogP contribution in [0.3, 0.4) is 0 Å². The highest BCUT2D eigenvalue weighted by Gasteiger charge is 2.22. The first-order chi connectivity index (χ1) is 11.1. The molecule has 0 radical (unpaired) electrons. The molecule has 4 nitrogen and oxygen atoms in total. The zero-order chi connectivity index (χ0) is 18.1. The second kappa shape index (κ2) is 7.03. The maximum atomic E-state index is 13.6. The van der Waals surface area contributed by atoms with Crippen LogP contribution in [0.5, 0.6) is 0 Å². The molecular weight excluding hydrogens is 397 g/mol. The Morgan fingerprint density at radius 2 is 1.71 bits per heavy atom. The molecule has 0 heterocycles. The first-order valence-corrected chi connectivity index (χ1v) is 9.88. The Labute approximate surface area is 149 Å². The number of halogens is 2. The molecule has 0 fully saturated rings. The minimum atomic E-state index is -3.31. The van der Waals surface area contributed by atoms with Crippen LogP contribution in [0.4, 0.5) is 10.1 Å². The Bertz CT molecular complexity index is 844. The van der Waals surface area contributed by atoms with Crippen molar-refractivity contribution in [2.45, 2.75) is 24.8 Å². The molecule has 128 valence electrons. The molecule has 0 aliphatic rings. The number of sulfone groups is 1. The third-order valence-electron chi connectivity index (χ3n) is 3.39. The van der Waals surface area contributed by atoms with E-state index in [-0.39, 0.29) is 22.4 Å². The number of rotatable bonds is 4. The fraction of sp³-hybridized carbons (Fsp3) is 0.235. The molecule has 0 spiro atoms. The fourth-order valence-electron chi connectivity index (χ4n) is 2.32. The predicted octanol–water partition coefficient (Wildman–Crippen LogP) is 4.05. The van der Waals surface area contributed by atoms with Crippen LogP contribution in [0.15, 0.2) is 51.8 Å². The topological polar surface area (TPSA) is 54.5 Å². The van der Waals surface area contributed by atoms with Gasteiger partial charge in [-0.05, 0) is 56.3 Å². The number of anilines is 1. The van der Waals surface area contributed by atoms with Gasteiger partial charge in [0.2, 0.25) is 0 Å². The van der Waals surface area contributed by atoms with Crippen molar-refractivity contribution < 1.29 is 17.6 Å². The zero-order valence-corrected chi connectivity index (χ0v) is 15.9. The number of benzene rings is 2. The van der Waals surface area contributed by atoms with E-state index in [1.165, 1.54) is 29.2 Å². The Balaban J connectivity index is 2.44. The summed E-state index contributed by atoms with van der Waals surface area (Å²) in [5, 5.41) is 0. The smallest absolute Gasteiger partial charge is 0.258 e.